The van der Waals surface area contributed by atoms with Crippen LogP contribution in [-0.2, 0) is 4.79 Å². The molecule has 0 bridgehead atoms. The van der Waals surface area contributed by atoms with Crippen molar-refractivity contribution in [2.75, 3.05) is 26.2 Å². The molecule has 1 saturated carbocycles. The molecule has 1 aliphatic heterocycles. The fraction of sp³-hybridized carbons (Fsp3) is 0.571. The summed E-state index contributed by atoms with van der Waals surface area (Å²) in [5, 5.41) is 0. The fourth-order valence-electron chi connectivity index (χ4n) is 2.78. The Hall–Kier alpha value is -1.92. The third-order valence-electron chi connectivity index (χ3n) is 4.05. The molecule has 0 atom stereocenters. The van der Waals surface area contributed by atoms with Crippen LogP contribution in [0.25, 0.3) is 0 Å². The Balaban J connectivity index is 1.51. The molecule has 0 aromatic carbocycles. The monoisotopic (exact) mass is 298 g/mol. The Morgan fingerprint density at radius 2 is 1.76 bits per heavy atom. The molecule has 5 nitrogen and oxygen atoms in total. The molecule has 2 amide bonds. The molecule has 2 heterocycles. The van der Waals surface area contributed by atoms with E-state index >= 15 is 0 Å². The van der Waals surface area contributed by atoms with Gasteiger partial charge in [0, 0.05) is 44.9 Å². The van der Waals surface area contributed by atoms with Gasteiger partial charge in [-0.1, -0.05) is 0 Å². The summed E-state index contributed by atoms with van der Waals surface area (Å²) >= 11 is 0. The number of amides is 2. The second kappa shape index (κ2) is 5.13. The van der Waals surface area contributed by atoms with Gasteiger partial charge in [0.25, 0.3) is 5.91 Å². The lowest BCUT2D eigenvalue weighted by molar-refractivity contribution is -0.161. The van der Waals surface area contributed by atoms with Crippen LogP contribution in [0, 0.1) is 5.92 Å². The summed E-state index contributed by atoms with van der Waals surface area (Å²) in [7, 11) is 0. The fourth-order valence-corrected chi connectivity index (χ4v) is 2.78. The maximum atomic E-state index is 12.8. The lowest BCUT2D eigenvalue weighted by Crippen LogP contribution is -2.54. The van der Waals surface area contributed by atoms with Gasteiger partial charge >= 0.3 is 0 Å². The van der Waals surface area contributed by atoms with Gasteiger partial charge in [-0.2, -0.15) is 0 Å². The van der Waals surface area contributed by atoms with Crippen LogP contribution in [0.1, 0.15) is 23.4 Å². The summed E-state index contributed by atoms with van der Waals surface area (Å²) in [6, 6.07) is 3.24. The number of halogens is 2. The maximum Gasteiger partial charge on any atom is 0.289 e. The summed E-state index contributed by atoms with van der Waals surface area (Å²) in [6.07, 6.45) is 0.735. The van der Waals surface area contributed by atoms with Gasteiger partial charge in [0.2, 0.25) is 11.8 Å². The molecule has 0 N–H and O–H groups in total. The number of alkyl halides is 2. The third-order valence-corrected chi connectivity index (χ3v) is 4.05. The van der Waals surface area contributed by atoms with Gasteiger partial charge in [-0.15, -0.1) is 0 Å². The van der Waals surface area contributed by atoms with Crippen LogP contribution in [0.2, 0.25) is 0 Å². The van der Waals surface area contributed by atoms with Crippen molar-refractivity contribution >= 4 is 11.8 Å². The first-order chi connectivity index (χ1) is 9.96. The van der Waals surface area contributed by atoms with Crippen LogP contribution in [0.15, 0.2) is 22.8 Å². The summed E-state index contributed by atoms with van der Waals surface area (Å²) in [5.74, 6) is -3.40. The average Bonchev–Trinajstić information content (AvgIpc) is 2.97. The molecular formula is C14H16F2N2O3. The molecule has 114 valence electrons. The van der Waals surface area contributed by atoms with Crippen molar-refractivity contribution in [1.29, 1.82) is 0 Å². The molecule has 0 unspecified atom stereocenters. The zero-order valence-electron chi connectivity index (χ0n) is 11.4. The van der Waals surface area contributed by atoms with Crippen LogP contribution < -0.4 is 0 Å². The molecule has 21 heavy (non-hydrogen) atoms. The van der Waals surface area contributed by atoms with Crippen molar-refractivity contribution < 1.29 is 22.8 Å². The zero-order valence-corrected chi connectivity index (χ0v) is 11.4. The first-order valence-corrected chi connectivity index (χ1v) is 6.96. The third kappa shape index (κ3) is 2.77. The van der Waals surface area contributed by atoms with Gasteiger partial charge in [-0.25, -0.2) is 8.78 Å². The summed E-state index contributed by atoms with van der Waals surface area (Å²) in [4.78, 5) is 27.3. The first kappa shape index (κ1) is 14.0. The van der Waals surface area contributed by atoms with Crippen molar-refractivity contribution in [1.82, 2.24) is 9.80 Å². The zero-order chi connectivity index (χ0) is 15.0. The van der Waals surface area contributed by atoms with E-state index in [1.54, 1.807) is 21.9 Å². The van der Waals surface area contributed by atoms with E-state index in [1.807, 2.05) is 0 Å². The molecule has 7 heteroatoms. The van der Waals surface area contributed by atoms with Crippen molar-refractivity contribution in [2.24, 2.45) is 5.92 Å². The van der Waals surface area contributed by atoms with Gasteiger partial charge in [0.1, 0.15) is 0 Å². The highest BCUT2D eigenvalue weighted by molar-refractivity contribution is 5.91. The maximum absolute atomic E-state index is 12.8. The van der Waals surface area contributed by atoms with E-state index in [0.717, 1.165) is 0 Å². The predicted octanol–water partition coefficient (Wildman–Crippen LogP) is 1.61. The molecule has 2 fully saturated rings. The Labute approximate surface area is 120 Å². The molecule has 1 aliphatic carbocycles. The van der Waals surface area contributed by atoms with E-state index in [4.69, 9.17) is 4.42 Å². The molecule has 2 aliphatic rings. The van der Waals surface area contributed by atoms with Crippen LogP contribution in [0.5, 0.6) is 0 Å². The standard InChI is InChI=1S/C14H16F2N2O3/c15-14(16)8-10(9-14)12(19)17-3-5-18(6-4-17)13(20)11-2-1-7-21-11/h1-2,7,10H,3-6,8-9H2. The second-order valence-electron chi connectivity index (χ2n) is 5.56. The van der Waals surface area contributed by atoms with Crippen LogP contribution in [0.4, 0.5) is 8.78 Å². The summed E-state index contributed by atoms with van der Waals surface area (Å²) in [5.41, 5.74) is 0. The lowest BCUT2D eigenvalue weighted by Gasteiger charge is -2.40. The molecule has 1 aromatic rings. The molecular weight excluding hydrogens is 282 g/mol. The number of hydrogen-bond donors (Lipinski definition) is 0. The van der Waals surface area contributed by atoms with E-state index in [1.165, 1.54) is 6.26 Å². The first-order valence-electron chi connectivity index (χ1n) is 6.96. The minimum absolute atomic E-state index is 0.206. The largest absolute Gasteiger partial charge is 0.459 e. The Morgan fingerprint density at radius 3 is 2.29 bits per heavy atom. The van der Waals surface area contributed by atoms with Crippen molar-refractivity contribution in [3.05, 3.63) is 24.2 Å². The molecule has 1 aromatic heterocycles. The quantitative estimate of drug-likeness (QED) is 0.833. The number of carbonyl (C=O) groups excluding carboxylic acids is 2. The molecule has 0 radical (unpaired) electrons. The van der Waals surface area contributed by atoms with Gasteiger partial charge in [-0.3, -0.25) is 9.59 Å². The SMILES string of the molecule is O=C(c1ccco1)N1CCN(C(=O)C2CC(F)(F)C2)CC1. The minimum atomic E-state index is -2.68. The van der Waals surface area contributed by atoms with E-state index in [-0.39, 0.29) is 30.4 Å². The highest BCUT2D eigenvalue weighted by Gasteiger charge is 2.50. The van der Waals surface area contributed by atoms with Crippen molar-refractivity contribution in [3.8, 4) is 0 Å². The van der Waals surface area contributed by atoms with Gasteiger partial charge < -0.3 is 14.2 Å². The minimum Gasteiger partial charge on any atom is -0.459 e. The molecule has 1 saturated heterocycles. The number of rotatable bonds is 2. The topological polar surface area (TPSA) is 53.8 Å². The van der Waals surface area contributed by atoms with E-state index in [9.17, 15) is 18.4 Å². The van der Waals surface area contributed by atoms with Crippen LogP contribution in [0.3, 0.4) is 0 Å². The highest BCUT2D eigenvalue weighted by Crippen LogP contribution is 2.43. The predicted molar refractivity (Wildman–Crippen MR) is 68.9 cm³/mol. The van der Waals surface area contributed by atoms with Crippen molar-refractivity contribution in [3.63, 3.8) is 0 Å². The number of nitrogens with zero attached hydrogens (tertiary/aromatic N) is 2. The summed E-state index contributed by atoms with van der Waals surface area (Å²) in [6.45, 7) is 1.56. The van der Waals surface area contributed by atoms with E-state index in [2.05, 4.69) is 0 Å². The van der Waals surface area contributed by atoms with Crippen molar-refractivity contribution in [2.45, 2.75) is 18.8 Å². The average molecular weight is 298 g/mol. The molecule has 0 spiro atoms. The van der Waals surface area contributed by atoms with Crippen LogP contribution in [-0.4, -0.2) is 53.7 Å². The number of furan rings is 1. The second-order valence-corrected chi connectivity index (χ2v) is 5.56. The lowest BCUT2D eigenvalue weighted by atomic mass is 9.80. The Morgan fingerprint density at radius 1 is 1.14 bits per heavy atom. The molecule has 3 rings (SSSR count). The van der Waals surface area contributed by atoms with Gasteiger partial charge in [0.15, 0.2) is 5.76 Å². The number of hydrogen-bond acceptors (Lipinski definition) is 3. The van der Waals surface area contributed by atoms with E-state index < -0.39 is 11.8 Å². The number of carbonyl (C=O) groups is 2. The highest BCUT2D eigenvalue weighted by atomic mass is 19.3. The Kier molecular flexibility index (Phi) is 3.43. The van der Waals surface area contributed by atoms with E-state index in [0.29, 0.717) is 26.2 Å². The van der Waals surface area contributed by atoms with Gasteiger partial charge in [-0.05, 0) is 12.1 Å². The Bertz CT molecular complexity index is 528. The van der Waals surface area contributed by atoms with Gasteiger partial charge in [0.05, 0.1) is 6.26 Å². The smallest absolute Gasteiger partial charge is 0.289 e. The van der Waals surface area contributed by atoms with Crippen LogP contribution >= 0.6 is 0 Å². The summed E-state index contributed by atoms with van der Waals surface area (Å²) < 4.78 is 30.7. The normalized spacial score (nSPS) is 22.0. The number of piperazine rings is 1.